The van der Waals surface area contributed by atoms with Crippen LogP contribution in [-0.4, -0.2) is 74.3 Å². The highest BCUT2D eigenvalue weighted by atomic mass is 35.5. The third-order valence-corrected chi connectivity index (χ3v) is 5.89. The first-order valence-corrected chi connectivity index (χ1v) is 9.53. The molecule has 3 aliphatic rings. The summed E-state index contributed by atoms with van der Waals surface area (Å²) < 4.78 is 5.93. The average Bonchev–Trinajstić information content (AvgIpc) is 3.22. The molecule has 0 aromatic heterocycles. The van der Waals surface area contributed by atoms with Crippen LogP contribution in [0.4, 0.5) is 0 Å². The minimum atomic E-state index is -1.26. The summed E-state index contributed by atoms with van der Waals surface area (Å²) in [5.41, 5.74) is 0.536. The molecule has 3 heterocycles. The smallest absolute Gasteiger partial charge is 0.175 e. The largest absolute Gasteiger partial charge is 0.409 e. The molecule has 7 atom stereocenters. The van der Waals surface area contributed by atoms with E-state index in [-0.39, 0.29) is 12.1 Å². The van der Waals surface area contributed by atoms with Crippen LogP contribution in [0.5, 0.6) is 0 Å². The minimum Gasteiger partial charge on any atom is -0.409 e. The first-order chi connectivity index (χ1) is 13.4. The summed E-state index contributed by atoms with van der Waals surface area (Å²) in [6.07, 6.45) is -5.05. The number of fused-ring (bicyclic) bond motifs is 1. The zero-order chi connectivity index (χ0) is 20.0. The van der Waals surface area contributed by atoms with E-state index in [1.165, 1.54) is 0 Å². The van der Waals surface area contributed by atoms with E-state index in [0.29, 0.717) is 35.2 Å². The number of aliphatic hydroxyl groups excluding tert-OH is 3. The van der Waals surface area contributed by atoms with Gasteiger partial charge < -0.3 is 30.6 Å². The van der Waals surface area contributed by atoms with E-state index >= 15 is 0 Å². The number of nitrogens with zero attached hydrogens (tertiary/aromatic N) is 3. The van der Waals surface area contributed by atoms with E-state index < -0.39 is 30.6 Å². The van der Waals surface area contributed by atoms with Crippen molar-refractivity contribution >= 4 is 23.3 Å². The van der Waals surface area contributed by atoms with Crippen LogP contribution in [0.1, 0.15) is 25.0 Å². The number of likely N-dealkylation sites (tertiary alicyclic amines) is 1. The molecule has 4 rings (SSSR count). The Balaban J connectivity index is 1.53. The van der Waals surface area contributed by atoms with Crippen LogP contribution in [-0.2, 0) is 4.74 Å². The van der Waals surface area contributed by atoms with Gasteiger partial charge >= 0.3 is 0 Å². The molecule has 2 unspecified atom stereocenters. The number of amidine groups is 2. The van der Waals surface area contributed by atoms with Crippen LogP contribution in [0.3, 0.4) is 0 Å². The van der Waals surface area contributed by atoms with Crippen molar-refractivity contribution in [2.24, 2.45) is 16.1 Å². The Morgan fingerprint density at radius 1 is 1.29 bits per heavy atom. The number of hydrogen-bond acceptors (Lipinski definition) is 8. The number of aliphatic hydroxyl groups is 3. The van der Waals surface area contributed by atoms with E-state index in [9.17, 15) is 20.5 Å². The summed E-state index contributed by atoms with van der Waals surface area (Å²) in [7, 11) is 0. The van der Waals surface area contributed by atoms with Gasteiger partial charge in [0.05, 0.1) is 12.1 Å². The first-order valence-electron chi connectivity index (χ1n) is 9.15. The van der Waals surface area contributed by atoms with E-state index in [4.69, 9.17) is 16.3 Å². The van der Waals surface area contributed by atoms with Gasteiger partial charge in [0.25, 0.3) is 0 Å². The van der Waals surface area contributed by atoms with Gasteiger partial charge in [0.1, 0.15) is 36.5 Å². The lowest BCUT2D eigenvalue weighted by Crippen LogP contribution is -2.57. The normalized spacial score (nSPS) is 38.2. The molecule has 0 radical (unpaired) electrons. The molecule has 28 heavy (non-hydrogen) atoms. The maximum Gasteiger partial charge on any atom is 0.175 e. The molecule has 10 heteroatoms. The summed E-state index contributed by atoms with van der Waals surface area (Å²) >= 11 is 5.88. The van der Waals surface area contributed by atoms with Gasteiger partial charge in [-0.1, -0.05) is 28.9 Å². The Morgan fingerprint density at radius 2 is 2.00 bits per heavy atom. The van der Waals surface area contributed by atoms with Crippen molar-refractivity contribution in [1.29, 1.82) is 0 Å². The van der Waals surface area contributed by atoms with Crippen LogP contribution in [0.2, 0.25) is 5.02 Å². The molecule has 0 amide bonds. The van der Waals surface area contributed by atoms with Crippen molar-refractivity contribution in [2.45, 2.75) is 50.2 Å². The number of benzene rings is 1. The van der Waals surface area contributed by atoms with Crippen molar-refractivity contribution in [1.82, 2.24) is 10.2 Å². The molecule has 2 fully saturated rings. The number of halogens is 1. The predicted molar refractivity (Wildman–Crippen MR) is 101 cm³/mol. The Hall–Kier alpha value is -1.75. The number of oxime groups is 1. The Labute approximate surface area is 166 Å². The van der Waals surface area contributed by atoms with Crippen molar-refractivity contribution in [3.63, 3.8) is 0 Å². The van der Waals surface area contributed by atoms with Crippen LogP contribution in [0.25, 0.3) is 0 Å². The monoisotopic (exact) mass is 410 g/mol. The summed E-state index contributed by atoms with van der Waals surface area (Å²) in [5, 5.41) is 48.1. The molecule has 0 bridgehead atoms. The van der Waals surface area contributed by atoms with Gasteiger partial charge in [-0.05, 0) is 31.0 Å². The molecule has 2 saturated heterocycles. The first kappa shape index (κ1) is 19.6. The molecule has 9 nitrogen and oxygen atoms in total. The van der Waals surface area contributed by atoms with Gasteiger partial charge in [0, 0.05) is 11.6 Å². The van der Waals surface area contributed by atoms with Gasteiger partial charge in [-0.2, -0.15) is 0 Å². The zero-order valence-corrected chi connectivity index (χ0v) is 15.9. The number of aliphatic imine (C=N–C) groups is 1. The zero-order valence-electron chi connectivity index (χ0n) is 15.2. The molecule has 0 spiro atoms. The van der Waals surface area contributed by atoms with Crippen molar-refractivity contribution in [2.75, 3.05) is 6.54 Å². The second-order valence-corrected chi connectivity index (χ2v) is 7.78. The van der Waals surface area contributed by atoms with E-state index in [1.54, 1.807) is 31.2 Å². The topological polar surface area (TPSA) is 130 Å². The fourth-order valence-electron chi connectivity index (χ4n) is 4.22. The summed E-state index contributed by atoms with van der Waals surface area (Å²) in [5.74, 6) is 0.753. The number of ether oxygens (including phenoxy) is 1. The molecular formula is C18H23ClN4O5. The van der Waals surface area contributed by atoms with Gasteiger partial charge in [0.15, 0.2) is 5.84 Å². The van der Waals surface area contributed by atoms with E-state index in [0.717, 1.165) is 0 Å². The highest BCUT2D eigenvalue weighted by molar-refractivity contribution is 6.30. The summed E-state index contributed by atoms with van der Waals surface area (Å²) in [6, 6.07) is 6.59. The minimum absolute atomic E-state index is 0.165. The van der Waals surface area contributed by atoms with Crippen LogP contribution in [0.15, 0.2) is 34.4 Å². The fraction of sp³-hybridized carbons (Fsp3) is 0.556. The predicted octanol–water partition coefficient (Wildman–Crippen LogP) is 0.277. The van der Waals surface area contributed by atoms with Crippen molar-refractivity contribution in [3.8, 4) is 0 Å². The fourth-order valence-corrected chi connectivity index (χ4v) is 4.35. The lowest BCUT2D eigenvalue weighted by atomic mass is 9.99. The number of rotatable bonds is 3. The Bertz CT molecular complexity index is 789. The molecule has 152 valence electrons. The van der Waals surface area contributed by atoms with E-state index in [2.05, 4.69) is 15.5 Å². The molecule has 0 aliphatic carbocycles. The average molecular weight is 411 g/mol. The van der Waals surface area contributed by atoms with Gasteiger partial charge in [-0.15, -0.1) is 0 Å². The quantitative estimate of drug-likeness (QED) is 0.357. The van der Waals surface area contributed by atoms with Crippen molar-refractivity contribution in [3.05, 3.63) is 34.9 Å². The number of hydrogen-bond donors (Lipinski definition) is 5. The summed E-state index contributed by atoms with van der Waals surface area (Å²) in [6.45, 7) is 2.30. The second-order valence-electron chi connectivity index (χ2n) is 7.35. The second kappa shape index (κ2) is 7.58. The number of nitrogens with one attached hydrogen (secondary N) is 1. The Morgan fingerprint density at radius 3 is 2.68 bits per heavy atom. The van der Waals surface area contributed by atoms with Crippen LogP contribution < -0.4 is 5.32 Å². The molecule has 5 N–H and O–H groups in total. The molecule has 1 aromatic carbocycles. The van der Waals surface area contributed by atoms with Crippen molar-refractivity contribution < 1.29 is 25.3 Å². The van der Waals surface area contributed by atoms with Crippen LogP contribution >= 0.6 is 11.6 Å². The molecular weight excluding hydrogens is 388 g/mol. The van der Waals surface area contributed by atoms with Gasteiger partial charge in [-0.25, -0.2) is 4.99 Å². The highest BCUT2D eigenvalue weighted by Gasteiger charge is 2.53. The lowest BCUT2D eigenvalue weighted by Gasteiger charge is -2.36. The maximum absolute atomic E-state index is 10.7. The van der Waals surface area contributed by atoms with Gasteiger partial charge in [-0.3, -0.25) is 4.90 Å². The standard InChI is InChI=1S/C18H23ClN4O5/c1-8-20-16(22-27)11-6-7-23(17(11)21-8)18-14(26)13(25)15(28-18)12(24)9-2-4-10(19)5-3-9/h2-5,11-15,17-18,24-27H,6-7H2,1H3,(H,20,21,22)/t11?,12-,13+,14-,15-,17?,18-/m1/s1. The Kier molecular flexibility index (Phi) is 5.30. The van der Waals surface area contributed by atoms with Crippen LogP contribution in [0, 0.1) is 5.92 Å². The molecule has 1 aromatic rings. The maximum atomic E-state index is 10.7. The highest BCUT2D eigenvalue weighted by Crippen LogP contribution is 2.37. The summed E-state index contributed by atoms with van der Waals surface area (Å²) in [4.78, 5) is 6.08. The molecule has 0 saturated carbocycles. The molecule has 3 aliphatic heterocycles. The van der Waals surface area contributed by atoms with Gasteiger partial charge in [0.2, 0.25) is 0 Å². The third-order valence-electron chi connectivity index (χ3n) is 5.63. The third kappa shape index (κ3) is 3.28. The SMILES string of the molecule is CC1=N/C(=N\O)C2CCN([C@@H]3O[C@H]([C@H](O)c4ccc(Cl)cc4)[C@@H](O)[C@H]3O)C2N1. The lowest BCUT2D eigenvalue weighted by molar-refractivity contribution is -0.122. The van der Waals surface area contributed by atoms with E-state index in [1.807, 2.05) is 4.90 Å².